The van der Waals surface area contributed by atoms with Gasteiger partial charge in [0.2, 0.25) is 0 Å². The van der Waals surface area contributed by atoms with E-state index in [4.69, 9.17) is 9.47 Å². The van der Waals surface area contributed by atoms with Crippen LogP contribution in [0, 0.1) is 5.92 Å². The molecule has 5 heteroatoms. The van der Waals surface area contributed by atoms with Crippen molar-refractivity contribution in [1.82, 2.24) is 4.90 Å². The summed E-state index contributed by atoms with van der Waals surface area (Å²) in [7, 11) is 0. The number of carbonyl (C=O) groups is 1. The van der Waals surface area contributed by atoms with Gasteiger partial charge in [-0.3, -0.25) is 4.79 Å². The Morgan fingerprint density at radius 2 is 1.97 bits per heavy atom. The van der Waals surface area contributed by atoms with Crippen LogP contribution in [0.1, 0.15) is 72.6 Å². The first-order valence-corrected chi connectivity index (χ1v) is 11.9. The molecule has 0 saturated carbocycles. The zero-order valence-electron chi connectivity index (χ0n) is 19.5. The van der Waals surface area contributed by atoms with E-state index in [1.807, 2.05) is 38.1 Å². The van der Waals surface area contributed by atoms with Crippen molar-refractivity contribution in [2.24, 2.45) is 5.92 Å². The molecular weight excluding hydrogens is 376 g/mol. The van der Waals surface area contributed by atoms with Gasteiger partial charge in [0.05, 0.1) is 6.61 Å². The highest BCUT2D eigenvalue weighted by Gasteiger charge is 2.33. The second-order valence-corrected chi connectivity index (χ2v) is 8.85. The summed E-state index contributed by atoms with van der Waals surface area (Å²) in [6, 6.07) is 7.65. The van der Waals surface area contributed by atoms with Crippen LogP contribution in [0.2, 0.25) is 0 Å². The molecule has 0 bridgehead atoms. The maximum Gasteiger partial charge on any atom is 0.256 e. The van der Waals surface area contributed by atoms with E-state index in [9.17, 15) is 4.79 Å². The molecule has 1 aromatic carbocycles. The van der Waals surface area contributed by atoms with Crippen LogP contribution in [0.15, 0.2) is 24.3 Å². The molecule has 1 N–H and O–H groups in total. The van der Waals surface area contributed by atoms with Gasteiger partial charge in [-0.25, -0.2) is 0 Å². The van der Waals surface area contributed by atoms with Crippen LogP contribution in [0.4, 0.5) is 5.69 Å². The van der Waals surface area contributed by atoms with E-state index in [-0.39, 0.29) is 5.91 Å². The summed E-state index contributed by atoms with van der Waals surface area (Å²) in [5, 5.41) is 3.01. The fraction of sp³-hybridized carbons (Fsp3) is 0.720. The van der Waals surface area contributed by atoms with Crippen molar-refractivity contribution in [3.05, 3.63) is 24.3 Å². The summed E-state index contributed by atoms with van der Waals surface area (Å²) in [5.74, 6) is 1.58. The smallest absolute Gasteiger partial charge is 0.256 e. The number of hydrogen-bond donors (Lipinski definition) is 1. The van der Waals surface area contributed by atoms with Crippen molar-refractivity contribution in [3.8, 4) is 5.75 Å². The molecule has 0 aliphatic carbocycles. The van der Waals surface area contributed by atoms with Gasteiger partial charge in [-0.2, -0.15) is 0 Å². The Kier molecular flexibility index (Phi) is 10.7. The molecular formula is C25H42N2O3. The Labute approximate surface area is 183 Å². The Morgan fingerprint density at radius 3 is 2.63 bits per heavy atom. The maximum atomic E-state index is 12.8. The van der Waals surface area contributed by atoms with Crippen LogP contribution >= 0.6 is 0 Å². The van der Waals surface area contributed by atoms with Gasteiger partial charge in [0.1, 0.15) is 11.4 Å². The zero-order valence-corrected chi connectivity index (χ0v) is 19.5. The van der Waals surface area contributed by atoms with Gasteiger partial charge in [0.15, 0.2) is 0 Å². The van der Waals surface area contributed by atoms with Crippen molar-refractivity contribution in [3.63, 3.8) is 0 Å². The lowest BCUT2D eigenvalue weighted by molar-refractivity contribution is -0.139. The first-order valence-electron chi connectivity index (χ1n) is 11.9. The summed E-state index contributed by atoms with van der Waals surface area (Å²) in [6.07, 6.45) is 7.67. The third kappa shape index (κ3) is 8.27. The number of benzene rings is 1. The van der Waals surface area contributed by atoms with Gasteiger partial charge >= 0.3 is 0 Å². The van der Waals surface area contributed by atoms with E-state index >= 15 is 0 Å². The normalized spacial score (nSPS) is 19.3. The fourth-order valence-electron chi connectivity index (χ4n) is 4.15. The first-order chi connectivity index (χ1) is 14.5. The molecule has 2 rings (SSSR count). The molecule has 1 aliphatic heterocycles. The van der Waals surface area contributed by atoms with Crippen LogP contribution in [0.3, 0.4) is 0 Å². The van der Waals surface area contributed by atoms with Crippen LogP contribution in [-0.4, -0.2) is 49.3 Å². The van der Waals surface area contributed by atoms with Crippen molar-refractivity contribution in [1.29, 1.82) is 0 Å². The molecule has 1 aromatic rings. The summed E-state index contributed by atoms with van der Waals surface area (Å²) < 4.78 is 11.7. The SMILES string of the molecule is CCCCC[C@@](C)(OCC)C(=O)Nc1ccc(OCCCN2CCC[C@@H](C)C2)cc1. The number of likely N-dealkylation sites (tertiary alicyclic amines) is 1. The van der Waals surface area contributed by atoms with Crippen LogP contribution in [-0.2, 0) is 9.53 Å². The van der Waals surface area contributed by atoms with Gasteiger partial charge in [-0.05, 0) is 76.3 Å². The van der Waals surface area contributed by atoms with Gasteiger partial charge in [-0.15, -0.1) is 0 Å². The highest BCUT2D eigenvalue weighted by molar-refractivity contribution is 5.97. The van der Waals surface area contributed by atoms with Crippen molar-refractivity contribution >= 4 is 11.6 Å². The number of hydrogen-bond acceptors (Lipinski definition) is 4. The first kappa shape index (κ1) is 24.7. The Bertz CT molecular complexity index is 619. The lowest BCUT2D eigenvalue weighted by atomic mass is 9.96. The number of carbonyl (C=O) groups excluding carboxylic acids is 1. The fourth-order valence-corrected chi connectivity index (χ4v) is 4.15. The van der Waals surface area contributed by atoms with Crippen molar-refractivity contribution < 1.29 is 14.3 Å². The largest absolute Gasteiger partial charge is 0.494 e. The van der Waals surface area contributed by atoms with E-state index in [0.717, 1.165) is 62.6 Å². The Balaban J connectivity index is 1.76. The van der Waals surface area contributed by atoms with Crippen LogP contribution < -0.4 is 10.1 Å². The molecule has 1 fully saturated rings. The minimum Gasteiger partial charge on any atom is -0.494 e. The number of ether oxygens (including phenoxy) is 2. The number of unbranched alkanes of at least 4 members (excludes halogenated alkanes) is 2. The number of amides is 1. The number of nitrogens with one attached hydrogen (secondary N) is 1. The molecule has 2 atom stereocenters. The second kappa shape index (κ2) is 13.0. The predicted octanol–water partition coefficient (Wildman–Crippen LogP) is 5.50. The zero-order chi connectivity index (χ0) is 21.8. The van der Waals surface area contributed by atoms with Gasteiger partial charge in [0, 0.05) is 25.4 Å². The number of piperidine rings is 1. The average molecular weight is 419 g/mol. The van der Waals surface area contributed by atoms with E-state index in [2.05, 4.69) is 24.1 Å². The molecule has 30 heavy (non-hydrogen) atoms. The molecule has 170 valence electrons. The number of rotatable bonds is 13. The molecule has 1 saturated heterocycles. The topological polar surface area (TPSA) is 50.8 Å². The van der Waals surface area contributed by atoms with E-state index in [1.165, 1.54) is 25.9 Å². The standard InChI is InChI=1S/C25H42N2O3/c1-5-7-8-16-25(4,30-6-2)24(28)26-22-12-14-23(15-13-22)29-19-10-18-27-17-9-11-21(3)20-27/h12-15,21H,5-11,16-20H2,1-4H3,(H,26,28)/t21-,25-/m1/s1. The van der Waals surface area contributed by atoms with Gasteiger partial charge in [-0.1, -0.05) is 33.1 Å². The molecule has 0 aromatic heterocycles. The van der Waals surface area contributed by atoms with Crippen LogP contribution in [0.5, 0.6) is 5.75 Å². The van der Waals surface area contributed by atoms with E-state index < -0.39 is 5.60 Å². The number of nitrogens with zero attached hydrogens (tertiary/aromatic N) is 1. The van der Waals surface area contributed by atoms with Crippen molar-refractivity contribution in [2.45, 2.75) is 78.2 Å². The summed E-state index contributed by atoms with van der Waals surface area (Å²) in [4.78, 5) is 15.4. The molecule has 0 radical (unpaired) electrons. The monoisotopic (exact) mass is 418 g/mol. The number of anilines is 1. The van der Waals surface area contributed by atoms with Crippen molar-refractivity contribution in [2.75, 3.05) is 38.2 Å². The summed E-state index contributed by atoms with van der Waals surface area (Å²) in [6.45, 7) is 13.1. The highest BCUT2D eigenvalue weighted by atomic mass is 16.5. The minimum absolute atomic E-state index is 0.0788. The minimum atomic E-state index is -0.787. The molecule has 0 unspecified atom stereocenters. The third-order valence-corrected chi connectivity index (χ3v) is 5.94. The van der Waals surface area contributed by atoms with Gasteiger partial charge < -0.3 is 19.7 Å². The molecule has 1 amide bonds. The van der Waals surface area contributed by atoms with E-state index in [1.54, 1.807) is 0 Å². The summed E-state index contributed by atoms with van der Waals surface area (Å²) >= 11 is 0. The molecule has 1 heterocycles. The molecule has 5 nitrogen and oxygen atoms in total. The van der Waals surface area contributed by atoms with Crippen LogP contribution in [0.25, 0.3) is 0 Å². The predicted molar refractivity (Wildman–Crippen MR) is 124 cm³/mol. The Morgan fingerprint density at radius 1 is 1.20 bits per heavy atom. The average Bonchev–Trinajstić information content (AvgIpc) is 2.73. The maximum absolute atomic E-state index is 12.8. The Hall–Kier alpha value is -1.59. The molecule has 1 aliphatic rings. The lowest BCUT2D eigenvalue weighted by Gasteiger charge is -2.30. The van der Waals surface area contributed by atoms with Gasteiger partial charge in [0.25, 0.3) is 5.91 Å². The highest BCUT2D eigenvalue weighted by Crippen LogP contribution is 2.23. The lowest BCUT2D eigenvalue weighted by Crippen LogP contribution is -2.42. The quantitative estimate of drug-likeness (QED) is 0.430. The summed E-state index contributed by atoms with van der Waals surface area (Å²) in [5.41, 5.74) is -0.0125. The third-order valence-electron chi connectivity index (χ3n) is 5.94. The second-order valence-electron chi connectivity index (χ2n) is 8.85. The molecule has 0 spiro atoms. The van der Waals surface area contributed by atoms with E-state index in [0.29, 0.717) is 6.61 Å².